The molecule has 4 nitrogen and oxygen atoms in total. The number of nitrogens with one attached hydrogen (secondary N) is 2. The fourth-order valence-corrected chi connectivity index (χ4v) is 2.87. The van der Waals surface area contributed by atoms with Crippen molar-refractivity contribution in [2.75, 3.05) is 5.32 Å². The van der Waals surface area contributed by atoms with Gasteiger partial charge < -0.3 is 5.32 Å². The van der Waals surface area contributed by atoms with E-state index in [-0.39, 0.29) is 11.4 Å². The molecule has 0 aliphatic heterocycles. The van der Waals surface area contributed by atoms with Crippen LogP contribution in [-0.2, 0) is 5.92 Å². The first-order valence-corrected chi connectivity index (χ1v) is 8.26. The quantitative estimate of drug-likeness (QED) is 0.515. The molecular weight excluding hydrogens is 353 g/mol. The highest BCUT2D eigenvalue weighted by molar-refractivity contribution is 5.93. The predicted octanol–water partition coefficient (Wildman–Crippen LogP) is 5.29. The van der Waals surface area contributed by atoms with E-state index in [1.807, 2.05) is 13.0 Å². The highest BCUT2D eigenvalue weighted by atomic mass is 19.3. The SMILES string of the molecule is Cc1cc(Nc2nc(C(F)(F)c3ccc(F)cc3)cc3ccccc23)n[nH]1. The second-order valence-electron chi connectivity index (χ2n) is 6.22. The van der Waals surface area contributed by atoms with E-state index in [1.54, 1.807) is 24.3 Å². The molecule has 7 heteroatoms. The fourth-order valence-electron chi connectivity index (χ4n) is 2.87. The average molecular weight is 368 g/mol. The first-order valence-electron chi connectivity index (χ1n) is 8.26. The summed E-state index contributed by atoms with van der Waals surface area (Å²) in [6.45, 7) is 1.84. The Kier molecular flexibility index (Phi) is 4.07. The van der Waals surface area contributed by atoms with Crippen LogP contribution in [-0.4, -0.2) is 15.2 Å². The van der Waals surface area contributed by atoms with E-state index in [2.05, 4.69) is 20.5 Å². The maximum absolute atomic E-state index is 15.0. The normalized spacial score (nSPS) is 11.7. The Balaban J connectivity index is 1.84. The van der Waals surface area contributed by atoms with Crippen molar-refractivity contribution in [3.8, 4) is 0 Å². The number of rotatable bonds is 4. The second-order valence-corrected chi connectivity index (χ2v) is 6.22. The smallest absolute Gasteiger partial charge is 0.315 e. The summed E-state index contributed by atoms with van der Waals surface area (Å²) in [6.07, 6.45) is 0. The van der Waals surface area contributed by atoms with Crippen molar-refractivity contribution in [1.29, 1.82) is 0 Å². The van der Waals surface area contributed by atoms with Gasteiger partial charge in [-0.2, -0.15) is 13.9 Å². The zero-order valence-electron chi connectivity index (χ0n) is 14.3. The molecule has 0 radical (unpaired) electrons. The summed E-state index contributed by atoms with van der Waals surface area (Å²) < 4.78 is 43.2. The van der Waals surface area contributed by atoms with Gasteiger partial charge in [-0.25, -0.2) is 9.37 Å². The Morgan fingerprint density at radius 1 is 1.00 bits per heavy atom. The zero-order chi connectivity index (χ0) is 19.0. The van der Waals surface area contributed by atoms with E-state index in [4.69, 9.17) is 0 Å². The van der Waals surface area contributed by atoms with Gasteiger partial charge in [0.1, 0.15) is 17.3 Å². The van der Waals surface area contributed by atoms with Gasteiger partial charge in [-0.3, -0.25) is 5.10 Å². The number of hydrogen-bond acceptors (Lipinski definition) is 3. The lowest BCUT2D eigenvalue weighted by molar-refractivity contribution is 0.0383. The van der Waals surface area contributed by atoms with Crippen LogP contribution in [0.2, 0.25) is 0 Å². The first-order chi connectivity index (χ1) is 12.9. The predicted molar refractivity (Wildman–Crippen MR) is 97.7 cm³/mol. The number of aromatic nitrogens is 3. The Morgan fingerprint density at radius 2 is 1.74 bits per heavy atom. The molecule has 0 aliphatic carbocycles. The topological polar surface area (TPSA) is 53.6 Å². The maximum Gasteiger partial charge on any atom is 0.315 e. The molecule has 0 aliphatic rings. The van der Waals surface area contributed by atoms with Gasteiger partial charge in [-0.15, -0.1) is 0 Å². The lowest BCUT2D eigenvalue weighted by atomic mass is 10.0. The van der Waals surface area contributed by atoms with Crippen LogP contribution >= 0.6 is 0 Å². The lowest BCUT2D eigenvalue weighted by Gasteiger charge is -2.18. The van der Waals surface area contributed by atoms with E-state index in [0.717, 1.165) is 30.0 Å². The highest BCUT2D eigenvalue weighted by Gasteiger charge is 2.36. The first kappa shape index (κ1) is 17.1. The van der Waals surface area contributed by atoms with Crippen LogP contribution in [0.3, 0.4) is 0 Å². The monoisotopic (exact) mass is 368 g/mol. The number of nitrogens with zero attached hydrogens (tertiary/aromatic N) is 2. The molecule has 4 aromatic rings. The standard InChI is InChI=1S/C20H15F3N4/c1-12-10-18(27-26-12)25-19-16-5-3-2-4-13(16)11-17(24-19)20(22,23)14-6-8-15(21)9-7-14/h2-11H,1H3,(H2,24,25,26,27). The lowest BCUT2D eigenvalue weighted by Crippen LogP contribution is -2.18. The zero-order valence-corrected chi connectivity index (χ0v) is 14.3. The van der Waals surface area contributed by atoms with Crippen molar-refractivity contribution in [1.82, 2.24) is 15.2 Å². The van der Waals surface area contributed by atoms with Crippen molar-refractivity contribution in [2.24, 2.45) is 0 Å². The number of pyridine rings is 1. The van der Waals surface area contributed by atoms with Gasteiger partial charge in [0.15, 0.2) is 5.82 Å². The second kappa shape index (κ2) is 6.42. The molecule has 2 heterocycles. The van der Waals surface area contributed by atoms with Crippen LogP contribution < -0.4 is 5.32 Å². The summed E-state index contributed by atoms with van der Waals surface area (Å²) in [5.74, 6) is -3.20. The number of halogens is 3. The summed E-state index contributed by atoms with van der Waals surface area (Å²) in [5, 5.41) is 11.2. The molecule has 0 saturated carbocycles. The molecule has 0 unspecified atom stereocenters. The number of aromatic amines is 1. The van der Waals surface area contributed by atoms with Crippen molar-refractivity contribution in [3.63, 3.8) is 0 Å². The van der Waals surface area contributed by atoms with Gasteiger partial charge in [-0.1, -0.05) is 24.3 Å². The summed E-state index contributed by atoms with van der Waals surface area (Å²) in [6, 6.07) is 14.4. The van der Waals surface area contributed by atoms with E-state index in [9.17, 15) is 4.39 Å². The van der Waals surface area contributed by atoms with Gasteiger partial charge >= 0.3 is 5.92 Å². The number of fused-ring (bicyclic) bond motifs is 1. The van der Waals surface area contributed by atoms with Crippen LogP contribution in [0.5, 0.6) is 0 Å². The van der Waals surface area contributed by atoms with Gasteiger partial charge in [-0.05, 0) is 42.6 Å². The molecule has 0 bridgehead atoms. The van der Waals surface area contributed by atoms with Gasteiger partial charge in [0.25, 0.3) is 0 Å². The van der Waals surface area contributed by atoms with Crippen LogP contribution in [0.15, 0.2) is 60.7 Å². The fraction of sp³-hybridized carbons (Fsp3) is 0.100. The highest BCUT2D eigenvalue weighted by Crippen LogP contribution is 2.37. The molecule has 0 fully saturated rings. The minimum Gasteiger partial charge on any atom is -0.323 e. The summed E-state index contributed by atoms with van der Waals surface area (Å²) in [5.41, 5.74) is 0.0745. The molecule has 0 atom stereocenters. The minimum atomic E-state index is -3.38. The average Bonchev–Trinajstić information content (AvgIpc) is 3.07. The van der Waals surface area contributed by atoms with Crippen molar-refractivity contribution < 1.29 is 13.2 Å². The molecule has 0 spiro atoms. The third-order valence-corrected chi connectivity index (χ3v) is 4.22. The molecule has 2 aromatic carbocycles. The van der Waals surface area contributed by atoms with Crippen LogP contribution in [0.25, 0.3) is 10.8 Å². The molecule has 0 amide bonds. The Labute approximate surface area is 153 Å². The molecule has 4 rings (SSSR count). The summed E-state index contributed by atoms with van der Waals surface area (Å²) >= 11 is 0. The summed E-state index contributed by atoms with van der Waals surface area (Å²) in [4.78, 5) is 4.17. The van der Waals surface area contributed by atoms with Crippen molar-refractivity contribution in [2.45, 2.75) is 12.8 Å². The third kappa shape index (κ3) is 3.23. The van der Waals surface area contributed by atoms with E-state index < -0.39 is 17.4 Å². The number of H-pyrrole nitrogens is 1. The van der Waals surface area contributed by atoms with Crippen molar-refractivity contribution >= 4 is 22.4 Å². The Bertz CT molecular complexity index is 1100. The molecular formula is C20H15F3N4. The molecule has 27 heavy (non-hydrogen) atoms. The minimum absolute atomic E-state index is 0.274. The Morgan fingerprint density at radius 3 is 2.44 bits per heavy atom. The largest absolute Gasteiger partial charge is 0.323 e. The van der Waals surface area contributed by atoms with Gasteiger partial charge in [0.2, 0.25) is 0 Å². The number of hydrogen-bond donors (Lipinski definition) is 2. The van der Waals surface area contributed by atoms with E-state index >= 15 is 8.78 Å². The maximum atomic E-state index is 15.0. The molecule has 2 N–H and O–H groups in total. The van der Waals surface area contributed by atoms with Crippen molar-refractivity contribution in [3.05, 3.63) is 83.4 Å². The van der Waals surface area contributed by atoms with Crippen LogP contribution in [0, 0.1) is 12.7 Å². The number of benzene rings is 2. The Hall–Kier alpha value is -3.35. The number of alkyl halides is 2. The van der Waals surface area contributed by atoms with E-state index in [1.165, 1.54) is 6.07 Å². The van der Waals surface area contributed by atoms with Gasteiger partial charge in [0.05, 0.1) is 0 Å². The third-order valence-electron chi connectivity index (χ3n) is 4.22. The van der Waals surface area contributed by atoms with Gasteiger partial charge in [0, 0.05) is 22.7 Å². The molecule has 136 valence electrons. The van der Waals surface area contributed by atoms with Crippen LogP contribution in [0.1, 0.15) is 17.0 Å². The molecule has 2 aromatic heterocycles. The number of anilines is 2. The van der Waals surface area contributed by atoms with E-state index in [0.29, 0.717) is 16.6 Å². The number of aryl methyl sites for hydroxylation is 1. The molecule has 0 saturated heterocycles. The summed E-state index contributed by atoms with van der Waals surface area (Å²) in [7, 11) is 0. The van der Waals surface area contributed by atoms with Crippen LogP contribution in [0.4, 0.5) is 24.8 Å².